The minimum Gasteiger partial charge on any atom is -0.450 e. The topological polar surface area (TPSA) is 48.3 Å². The Labute approximate surface area is 300 Å². The first kappa shape index (κ1) is 27.5. The van der Waals surface area contributed by atoms with Gasteiger partial charge >= 0.3 is 0 Å². The highest BCUT2D eigenvalue weighted by Crippen LogP contribution is 2.48. The Balaban J connectivity index is 1.29. The number of aromatic nitrogens is 4. The first-order valence-electron chi connectivity index (χ1n) is 18.0. The van der Waals surface area contributed by atoms with Gasteiger partial charge in [0.2, 0.25) is 0 Å². The number of fused-ring (bicyclic) bond motifs is 16. The van der Waals surface area contributed by atoms with E-state index in [1.165, 1.54) is 59.6 Å². The number of hydrogen-bond acceptors (Lipinski definition) is 3. The van der Waals surface area contributed by atoms with E-state index in [2.05, 4.69) is 155 Å². The molecular formula is C48H26N4O. The maximum atomic E-state index is 6.79. The van der Waals surface area contributed by atoms with E-state index in [0.29, 0.717) is 11.4 Å². The largest absolute Gasteiger partial charge is 0.450 e. The zero-order chi connectivity index (χ0) is 34.4. The summed E-state index contributed by atoms with van der Waals surface area (Å²) in [4.78, 5) is 10.8. The number of nitrogens with zero attached hydrogens (tertiary/aromatic N) is 4. The van der Waals surface area contributed by atoms with Crippen LogP contribution in [-0.2, 0) is 0 Å². The Kier molecular flexibility index (Phi) is 5.06. The van der Waals surface area contributed by atoms with Crippen LogP contribution in [0.4, 0.5) is 0 Å². The van der Waals surface area contributed by atoms with Gasteiger partial charge in [-0.25, -0.2) is 9.97 Å². The summed E-state index contributed by atoms with van der Waals surface area (Å²) in [6.07, 6.45) is 0. The van der Waals surface area contributed by atoms with E-state index in [0.717, 1.165) is 49.7 Å². The van der Waals surface area contributed by atoms with Crippen LogP contribution in [0.1, 0.15) is 0 Å². The van der Waals surface area contributed by atoms with E-state index in [1.54, 1.807) is 0 Å². The molecule has 0 saturated heterocycles. The summed E-state index contributed by atoms with van der Waals surface area (Å²) in [5.74, 6) is 1.39. The van der Waals surface area contributed by atoms with Crippen molar-refractivity contribution in [3.05, 3.63) is 158 Å². The molecular weight excluding hydrogens is 649 g/mol. The minimum absolute atomic E-state index is 0.660. The fraction of sp³-hybridized carbons (Fsp3) is 0. The smallest absolute Gasteiger partial charge is 0.197 e. The third-order valence-electron chi connectivity index (χ3n) is 11.4. The lowest BCUT2D eigenvalue weighted by atomic mass is 10.0. The molecule has 5 heterocycles. The van der Waals surface area contributed by atoms with Gasteiger partial charge in [-0.05, 0) is 52.6 Å². The van der Waals surface area contributed by atoms with Crippen molar-refractivity contribution in [2.75, 3.05) is 0 Å². The third-order valence-corrected chi connectivity index (χ3v) is 11.4. The Morgan fingerprint density at radius 3 is 1.98 bits per heavy atom. The Morgan fingerprint density at radius 2 is 1.11 bits per heavy atom. The summed E-state index contributed by atoms with van der Waals surface area (Å²) in [5, 5.41) is 13.0. The second kappa shape index (κ2) is 9.75. The molecule has 13 rings (SSSR count). The molecule has 0 radical (unpaired) electrons. The van der Waals surface area contributed by atoms with Gasteiger partial charge in [0.1, 0.15) is 11.1 Å². The zero-order valence-corrected chi connectivity index (χ0v) is 28.2. The predicted octanol–water partition coefficient (Wildman–Crippen LogP) is 12.6. The predicted molar refractivity (Wildman–Crippen MR) is 219 cm³/mol. The quantitative estimate of drug-likeness (QED) is 0.183. The lowest BCUT2D eigenvalue weighted by Gasteiger charge is -2.12. The van der Waals surface area contributed by atoms with Crippen LogP contribution >= 0.6 is 0 Å². The van der Waals surface area contributed by atoms with E-state index >= 15 is 0 Å². The zero-order valence-electron chi connectivity index (χ0n) is 28.2. The minimum atomic E-state index is 0.660. The van der Waals surface area contributed by atoms with Gasteiger partial charge in [0, 0.05) is 48.7 Å². The Bertz CT molecular complexity index is 3700. The average Bonchev–Trinajstić information content (AvgIpc) is 3.96. The summed E-state index contributed by atoms with van der Waals surface area (Å²) in [6, 6.07) is 56.3. The molecule has 0 amide bonds. The molecule has 5 heteroatoms. The Morgan fingerprint density at radius 1 is 0.434 bits per heavy atom. The van der Waals surface area contributed by atoms with Gasteiger partial charge in [0.05, 0.1) is 27.6 Å². The van der Waals surface area contributed by atoms with Gasteiger partial charge in [-0.3, -0.25) is 4.57 Å². The molecule has 5 nitrogen and oxygen atoms in total. The van der Waals surface area contributed by atoms with Crippen molar-refractivity contribution < 1.29 is 4.42 Å². The second-order valence-corrected chi connectivity index (χ2v) is 14.1. The molecule has 0 unspecified atom stereocenters. The van der Waals surface area contributed by atoms with Crippen LogP contribution in [0.3, 0.4) is 0 Å². The van der Waals surface area contributed by atoms with E-state index in [-0.39, 0.29) is 0 Å². The lowest BCUT2D eigenvalue weighted by molar-refractivity contribution is 0.662. The highest BCUT2D eigenvalue weighted by Gasteiger charge is 2.27. The van der Waals surface area contributed by atoms with E-state index in [4.69, 9.17) is 14.4 Å². The fourth-order valence-corrected chi connectivity index (χ4v) is 9.18. The molecule has 0 spiro atoms. The molecule has 53 heavy (non-hydrogen) atoms. The second-order valence-electron chi connectivity index (χ2n) is 14.1. The van der Waals surface area contributed by atoms with Gasteiger partial charge in [-0.1, -0.05) is 121 Å². The van der Waals surface area contributed by atoms with Crippen molar-refractivity contribution >= 4 is 104 Å². The van der Waals surface area contributed by atoms with Gasteiger partial charge in [0.15, 0.2) is 17.2 Å². The number of rotatable bonds is 2. The van der Waals surface area contributed by atoms with E-state index < -0.39 is 0 Å². The SMILES string of the molecule is c1ccc2cc(-c3nc(-n4c5cc6c7ccccc7n7c8ccccc8c(c5c5ccc8ccccc8c54)c67)c4oc5ccccc5c4n3)ccc2c1. The third kappa shape index (κ3) is 3.46. The maximum Gasteiger partial charge on any atom is 0.197 e. The summed E-state index contributed by atoms with van der Waals surface area (Å²) in [7, 11) is 0. The molecule has 5 aromatic heterocycles. The molecule has 8 aromatic carbocycles. The summed E-state index contributed by atoms with van der Waals surface area (Å²) in [6.45, 7) is 0. The van der Waals surface area contributed by atoms with Crippen molar-refractivity contribution in [2.24, 2.45) is 0 Å². The van der Waals surface area contributed by atoms with Crippen molar-refractivity contribution in [1.82, 2.24) is 18.9 Å². The van der Waals surface area contributed by atoms with Crippen molar-refractivity contribution in [3.63, 3.8) is 0 Å². The van der Waals surface area contributed by atoms with E-state index in [9.17, 15) is 0 Å². The van der Waals surface area contributed by atoms with E-state index in [1.807, 2.05) is 12.1 Å². The van der Waals surface area contributed by atoms with Crippen LogP contribution in [-0.4, -0.2) is 18.9 Å². The summed E-state index contributed by atoms with van der Waals surface area (Å²) < 4.78 is 11.6. The molecule has 0 aliphatic carbocycles. The van der Waals surface area contributed by atoms with Crippen LogP contribution < -0.4 is 0 Å². The first-order chi connectivity index (χ1) is 26.3. The highest BCUT2D eigenvalue weighted by atomic mass is 16.3. The van der Waals surface area contributed by atoms with Crippen LogP contribution in [0.5, 0.6) is 0 Å². The van der Waals surface area contributed by atoms with Crippen molar-refractivity contribution in [3.8, 4) is 17.2 Å². The van der Waals surface area contributed by atoms with Crippen LogP contribution in [0, 0.1) is 0 Å². The standard InChI is InChI=1S/C48H26N4O/c1-2-13-29-25-30(22-21-27(29)11-1)47-49-43-34-17-7-10-20-40(34)53-46(43)48(50-47)52-39-26-36-32-15-5-8-18-37(32)51-38-19-9-6-16-33(38)42(45(36)51)41(39)35-24-23-28-12-3-4-14-31(28)44(35)52/h1-26H. The van der Waals surface area contributed by atoms with Gasteiger partial charge in [0.25, 0.3) is 0 Å². The first-order valence-corrected chi connectivity index (χ1v) is 18.0. The number of para-hydroxylation sites is 3. The van der Waals surface area contributed by atoms with Crippen LogP contribution in [0.25, 0.3) is 121 Å². The average molecular weight is 675 g/mol. The van der Waals surface area contributed by atoms with Gasteiger partial charge in [-0.15, -0.1) is 0 Å². The van der Waals surface area contributed by atoms with Crippen molar-refractivity contribution in [1.29, 1.82) is 0 Å². The molecule has 13 aromatic rings. The van der Waals surface area contributed by atoms with Crippen molar-refractivity contribution in [2.45, 2.75) is 0 Å². The number of hydrogen-bond donors (Lipinski definition) is 0. The summed E-state index contributed by atoms with van der Waals surface area (Å²) >= 11 is 0. The molecule has 0 fully saturated rings. The molecule has 244 valence electrons. The molecule has 0 aliphatic rings. The maximum absolute atomic E-state index is 6.79. The van der Waals surface area contributed by atoms with Gasteiger partial charge in [-0.2, -0.15) is 0 Å². The molecule has 0 N–H and O–H groups in total. The molecule has 0 aliphatic heterocycles. The fourth-order valence-electron chi connectivity index (χ4n) is 9.18. The highest BCUT2D eigenvalue weighted by molar-refractivity contribution is 6.37. The van der Waals surface area contributed by atoms with Gasteiger partial charge < -0.3 is 8.82 Å². The lowest BCUT2D eigenvalue weighted by Crippen LogP contribution is -2.02. The normalized spacial score (nSPS) is 12.5. The molecule has 0 saturated carbocycles. The monoisotopic (exact) mass is 674 g/mol. The van der Waals surface area contributed by atoms with Crippen LogP contribution in [0.2, 0.25) is 0 Å². The number of furan rings is 1. The Hall–Kier alpha value is -7.24. The number of benzene rings is 8. The molecule has 0 bridgehead atoms. The summed E-state index contributed by atoms with van der Waals surface area (Å²) in [5.41, 5.74) is 9.08. The van der Waals surface area contributed by atoms with Crippen LogP contribution in [0.15, 0.2) is 162 Å². The molecule has 0 atom stereocenters.